The summed E-state index contributed by atoms with van der Waals surface area (Å²) in [5.74, 6) is 0. The Bertz CT molecular complexity index is 5890. The van der Waals surface area contributed by atoms with E-state index in [4.69, 9.17) is 0 Å². The highest BCUT2D eigenvalue weighted by molar-refractivity contribution is 7.16. The predicted molar refractivity (Wildman–Crippen MR) is 399 cm³/mol. The predicted octanol–water partition coefficient (Wildman–Crippen LogP) is 24.6. The number of rotatable bonds is 8. The number of para-hydroxylation sites is 2. The van der Waals surface area contributed by atoms with Crippen molar-refractivity contribution in [3.63, 3.8) is 0 Å². The smallest absolute Gasteiger partial charge is 0.0725 e. The molecule has 18 aromatic rings. The Morgan fingerprint density at radius 3 is 1.10 bits per heavy atom. The highest BCUT2D eigenvalue weighted by Crippen LogP contribution is 2.63. The van der Waals surface area contributed by atoms with Crippen LogP contribution in [0.3, 0.4) is 0 Å². The monoisotopic (exact) mass is 1210 g/mol. The molecule has 0 atom stereocenters. The minimum atomic E-state index is -0.482. The zero-order valence-corrected chi connectivity index (χ0v) is 52.0. The van der Waals surface area contributed by atoms with E-state index in [1.54, 1.807) is 0 Å². The van der Waals surface area contributed by atoms with Crippen LogP contribution in [0, 0.1) is 0 Å². The third-order valence-corrected chi connectivity index (χ3v) is 22.4. The molecule has 0 aliphatic heterocycles. The summed E-state index contributed by atoms with van der Waals surface area (Å²) in [6.07, 6.45) is 9.25. The number of fused-ring (bicyclic) bond motifs is 22. The largest absolute Gasteiger partial charge is 0.309 e. The molecule has 0 amide bonds. The maximum atomic E-state index is 2.48. The summed E-state index contributed by atoms with van der Waals surface area (Å²) < 4.78 is 4.95. The first kappa shape index (κ1) is 52.4. The molecule has 0 bridgehead atoms. The number of hydrogen-bond acceptors (Lipinski definition) is 2. The number of aromatic nitrogens is 2. The normalized spacial score (nSPS) is 13.2. The molecule has 2 nitrogen and oxygen atoms in total. The first-order valence-corrected chi connectivity index (χ1v) is 33.7. The first-order valence-electron chi connectivity index (χ1n) is 32.0. The van der Waals surface area contributed by atoms with Crippen LogP contribution in [-0.2, 0) is 5.41 Å². The summed E-state index contributed by atoms with van der Waals surface area (Å²) in [4.78, 5) is 4.94. The van der Waals surface area contributed by atoms with Gasteiger partial charge in [-0.25, -0.2) is 0 Å². The van der Waals surface area contributed by atoms with Crippen LogP contribution in [0.5, 0.6) is 0 Å². The SMILES string of the molecule is C(=C\c1ccc(-c2ccc3c(c2)c2ccccc2n3-c2cc3ccccc3c3ccccc23)s1)/c1ccc2c(c1)C1(c3ccccc3-c3ccccc31)c1cc(/C=C/c3ccc(-c4ccc5c(c4)c4ccccc4n5-c4cc5ccccc5c5ccccc45)s3)ccc1-2. The number of thiophene rings is 2. The van der Waals surface area contributed by atoms with Gasteiger partial charge < -0.3 is 9.13 Å². The van der Waals surface area contributed by atoms with E-state index in [0.29, 0.717) is 0 Å². The fourth-order valence-corrected chi connectivity index (χ4v) is 18.0. The van der Waals surface area contributed by atoms with Crippen molar-refractivity contribution in [2.45, 2.75) is 5.41 Å². The molecular weight excluding hydrogens is 1160 g/mol. The van der Waals surface area contributed by atoms with Crippen LogP contribution in [0.15, 0.2) is 303 Å². The minimum absolute atomic E-state index is 0.482. The molecule has 2 aliphatic rings. The van der Waals surface area contributed by atoms with E-state index in [2.05, 4.69) is 337 Å². The minimum Gasteiger partial charge on any atom is -0.309 e. The van der Waals surface area contributed by atoms with E-state index >= 15 is 0 Å². The maximum Gasteiger partial charge on any atom is 0.0725 e. The summed E-state index contributed by atoms with van der Waals surface area (Å²) in [7, 11) is 0. The van der Waals surface area contributed by atoms with Crippen LogP contribution in [0.1, 0.15) is 43.1 Å². The van der Waals surface area contributed by atoms with Crippen molar-refractivity contribution in [1.29, 1.82) is 0 Å². The molecule has 0 saturated carbocycles. The zero-order chi connectivity index (χ0) is 60.9. The van der Waals surface area contributed by atoms with Crippen LogP contribution in [0.2, 0.25) is 0 Å². The average molecular weight is 1220 g/mol. The Hall–Kier alpha value is -11.4. The molecule has 2 aliphatic carbocycles. The van der Waals surface area contributed by atoms with Gasteiger partial charge in [0.2, 0.25) is 0 Å². The van der Waals surface area contributed by atoms with Crippen LogP contribution < -0.4 is 0 Å². The van der Waals surface area contributed by atoms with Gasteiger partial charge in [-0.15, -0.1) is 22.7 Å². The molecule has 0 unspecified atom stereocenters. The molecule has 4 heterocycles. The molecule has 20 rings (SSSR count). The molecule has 0 radical (unpaired) electrons. The van der Waals surface area contributed by atoms with E-state index in [-0.39, 0.29) is 0 Å². The van der Waals surface area contributed by atoms with Gasteiger partial charge in [-0.3, -0.25) is 0 Å². The van der Waals surface area contributed by atoms with Gasteiger partial charge in [0.15, 0.2) is 0 Å². The highest BCUT2D eigenvalue weighted by Gasteiger charge is 2.51. The van der Waals surface area contributed by atoms with Crippen molar-refractivity contribution in [2.24, 2.45) is 0 Å². The van der Waals surface area contributed by atoms with Crippen LogP contribution in [0.25, 0.3) is 166 Å². The third-order valence-electron chi connectivity index (χ3n) is 20.2. The fourth-order valence-electron chi connectivity index (χ4n) is 16.1. The molecule has 93 heavy (non-hydrogen) atoms. The molecule has 0 saturated heterocycles. The zero-order valence-electron chi connectivity index (χ0n) is 50.4. The van der Waals surface area contributed by atoms with Gasteiger partial charge in [0, 0.05) is 51.8 Å². The molecule has 14 aromatic carbocycles. The van der Waals surface area contributed by atoms with Crippen molar-refractivity contribution in [3.05, 3.63) is 346 Å². The highest BCUT2D eigenvalue weighted by atomic mass is 32.1. The van der Waals surface area contributed by atoms with E-state index in [1.165, 1.54) is 184 Å². The van der Waals surface area contributed by atoms with Gasteiger partial charge in [-0.2, -0.15) is 0 Å². The summed E-state index contributed by atoms with van der Waals surface area (Å²) in [6, 6.07) is 114. The van der Waals surface area contributed by atoms with Gasteiger partial charge in [0.1, 0.15) is 0 Å². The Kier molecular flexibility index (Phi) is 11.4. The van der Waals surface area contributed by atoms with Gasteiger partial charge in [0.25, 0.3) is 0 Å². The standard InChI is InChI=1S/C89H54N2S2/c1-3-19-63-57(17-1)53-85(71-25-7-5-21-65(63)71)90-81-31-15-11-27-73(81)75-51-59(37-45-83(75)90)87-47-41-61(92-87)39-33-55-35-43-69-70-44-36-56(50-80(70)89(79(69)49-55)77-29-13-9-23-67(77)68-24-10-14-30-78(68)89)34-40-62-42-48-88(93-62)60-38-46-84-76(52-60)74-28-12-16-32-82(74)91(84)86-54-58-18-2-4-20-64(58)66-22-6-8-26-72(66)86/h1-54H/b39-33+,40-34+. The van der Waals surface area contributed by atoms with Gasteiger partial charge in [0.05, 0.1) is 38.9 Å². The van der Waals surface area contributed by atoms with E-state index in [0.717, 1.165) is 0 Å². The van der Waals surface area contributed by atoms with Crippen LogP contribution in [0.4, 0.5) is 0 Å². The molecule has 1 spiro atoms. The molecule has 0 N–H and O–H groups in total. The fraction of sp³-hybridized carbons (Fsp3) is 0.0112. The summed E-state index contributed by atoms with van der Waals surface area (Å²) in [6.45, 7) is 0. The third kappa shape index (κ3) is 7.80. The molecular formula is C89H54N2S2. The Balaban J connectivity index is 0.627. The number of benzene rings is 14. The summed E-state index contributed by atoms with van der Waals surface area (Å²) in [5.41, 5.74) is 22.1. The molecule has 0 fully saturated rings. The summed E-state index contributed by atoms with van der Waals surface area (Å²) in [5, 5.41) is 15.1. The second kappa shape index (κ2) is 20.3. The van der Waals surface area contributed by atoms with Crippen molar-refractivity contribution in [1.82, 2.24) is 9.13 Å². The molecule has 4 heteroatoms. The second-order valence-electron chi connectivity index (χ2n) is 25.0. The van der Waals surface area contributed by atoms with Crippen LogP contribution >= 0.6 is 22.7 Å². The number of nitrogens with zero attached hydrogens (tertiary/aromatic N) is 2. The average Bonchev–Trinajstić information content (AvgIpc) is 1.51. The lowest BCUT2D eigenvalue weighted by Crippen LogP contribution is -2.26. The van der Waals surface area contributed by atoms with E-state index in [1.807, 2.05) is 22.7 Å². The lowest BCUT2D eigenvalue weighted by atomic mass is 9.70. The van der Waals surface area contributed by atoms with Crippen molar-refractivity contribution in [3.8, 4) is 54.5 Å². The second-order valence-corrected chi connectivity index (χ2v) is 27.2. The van der Waals surface area contributed by atoms with Crippen LogP contribution in [-0.4, -0.2) is 9.13 Å². The van der Waals surface area contributed by atoms with Gasteiger partial charge in [-0.05, 0) is 196 Å². The Morgan fingerprint density at radius 2 is 0.624 bits per heavy atom. The van der Waals surface area contributed by atoms with Crippen molar-refractivity contribution < 1.29 is 0 Å². The molecule has 432 valence electrons. The Labute approximate surface area is 545 Å². The quantitative estimate of drug-likeness (QED) is 0.134. The first-order chi connectivity index (χ1) is 46.1. The van der Waals surface area contributed by atoms with Crippen molar-refractivity contribution >= 4 is 134 Å². The van der Waals surface area contributed by atoms with Gasteiger partial charge in [-0.1, -0.05) is 231 Å². The molecule has 4 aromatic heterocycles. The van der Waals surface area contributed by atoms with E-state index < -0.39 is 5.41 Å². The number of hydrogen-bond donors (Lipinski definition) is 0. The lowest BCUT2D eigenvalue weighted by molar-refractivity contribution is 0.793. The summed E-state index contributed by atoms with van der Waals surface area (Å²) >= 11 is 3.69. The lowest BCUT2D eigenvalue weighted by Gasteiger charge is -2.30. The van der Waals surface area contributed by atoms with Gasteiger partial charge >= 0.3 is 0 Å². The van der Waals surface area contributed by atoms with Crippen molar-refractivity contribution in [2.75, 3.05) is 0 Å². The Morgan fingerprint density at radius 1 is 0.247 bits per heavy atom. The topological polar surface area (TPSA) is 9.86 Å². The van der Waals surface area contributed by atoms with E-state index in [9.17, 15) is 0 Å². The maximum absolute atomic E-state index is 2.48.